The number of anilines is 1. The minimum absolute atomic E-state index is 0.0243. The second kappa shape index (κ2) is 18.8. The van der Waals surface area contributed by atoms with E-state index in [2.05, 4.69) is 21.9 Å². The molecule has 0 aliphatic heterocycles. The third kappa shape index (κ3) is 13.3. The van der Waals surface area contributed by atoms with E-state index in [0.29, 0.717) is 11.1 Å². The van der Waals surface area contributed by atoms with Crippen LogP contribution in [-0.2, 0) is 37.0 Å². The van der Waals surface area contributed by atoms with Crippen LogP contribution in [0.3, 0.4) is 0 Å². The molecule has 47 heavy (non-hydrogen) atoms. The van der Waals surface area contributed by atoms with E-state index in [1.165, 1.54) is 30.3 Å². The molecule has 2 rings (SSSR count). The number of nitro benzene ring substituents is 1. The molecule has 0 saturated carbocycles. The third-order valence-electron chi connectivity index (χ3n) is 6.22. The van der Waals surface area contributed by atoms with Crippen LogP contribution in [-0.4, -0.2) is 60.3 Å². The number of hydrogen-bond acceptors (Lipinski definition) is 11. The predicted molar refractivity (Wildman–Crippen MR) is 166 cm³/mol. The molecule has 17 heteroatoms. The molecule has 2 aromatic rings. The number of terminal acetylenes is 1. The maximum absolute atomic E-state index is 13.3. The number of hydrogen-bond donors (Lipinski definition) is 5. The van der Waals surface area contributed by atoms with E-state index in [0.717, 1.165) is 0 Å². The Bertz CT molecular complexity index is 1470. The van der Waals surface area contributed by atoms with Gasteiger partial charge in [0.2, 0.25) is 5.91 Å². The van der Waals surface area contributed by atoms with Gasteiger partial charge < -0.3 is 46.4 Å². The maximum Gasteiger partial charge on any atom is 0.514 e. The topological polar surface area (TPSA) is 254 Å². The van der Waals surface area contributed by atoms with Gasteiger partial charge in [0.05, 0.1) is 11.5 Å². The zero-order chi connectivity index (χ0) is 34.9. The summed E-state index contributed by atoms with van der Waals surface area (Å²) >= 11 is 0. The molecule has 0 aliphatic rings. The van der Waals surface area contributed by atoms with Crippen LogP contribution in [0.1, 0.15) is 37.8 Å². The van der Waals surface area contributed by atoms with E-state index in [9.17, 15) is 34.1 Å². The third-order valence-corrected chi connectivity index (χ3v) is 6.22. The van der Waals surface area contributed by atoms with Crippen LogP contribution in [0.15, 0.2) is 42.5 Å². The highest BCUT2D eigenvalue weighted by atomic mass is 16.7. The van der Waals surface area contributed by atoms with Gasteiger partial charge >= 0.3 is 18.3 Å². The lowest BCUT2D eigenvalue weighted by molar-refractivity contribution is -0.384. The first-order chi connectivity index (χ1) is 22.3. The highest BCUT2D eigenvalue weighted by molar-refractivity contribution is 5.98. The average molecular weight is 657 g/mol. The summed E-state index contributed by atoms with van der Waals surface area (Å²) in [6.07, 6.45) is 2.10. The van der Waals surface area contributed by atoms with Crippen molar-refractivity contribution in [1.29, 1.82) is 0 Å². The van der Waals surface area contributed by atoms with Gasteiger partial charge in [0.25, 0.3) is 11.6 Å². The molecule has 5 amide bonds. The Labute approximate surface area is 269 Å². The van der Waals surface area contributed by atoms with E-state index in [1.807, 2.05) is 0 Å². The van der Waals surface area contributed by atoms with Gasteiger partial charge in [0.15, 0.2) is 6.10 Å². The number of non-ortho nitro benzene ring substituents is 1. The van der Waals surface area contributed by atoms with Crippen LogP contribution >= 0.6 is 0 Å². The van der Waals surface area contributed by atoms with Crippen molar-refractivity contribution in [3.8, 4) is 18.1 Å². The lowest BCUT2D eigenvalue weighted by Gasteiger charge is -2.24. The molecule has 0 fully saturated rings. The van der Waals surface area contributed by atoms with Crippen molar-refractivity contribution < 1.29 is 47.8 Å². The summed E-state index contributed by atoms with van der Waals surface area (Å²) in [6, 6.07) is 7.56. The van der Waals surface area contributed by atoms with Crippen LogP contribution in [0.2, 0.25) is 0 Å². The standard InChI is InChI=1S/C30H36N6O11/c1-4-14-44-16-20-15-21(8-7-19(20)17-45-30(41)46-23-11-9-22(10-12-23)36(42)43)34-26(37)24(6-5-13-33-28(31)39)35-27(38)25(18(2)3)47-29(32)40/h1,7-12,15,18,24-25H,5-6,13-14,16-17H2,2-3H3,(H2,32,40)(H,34,37)(H,35,38)(H3,31,33,39)/t24-,25-/m0/s1. The van der Waals surface area contributed by atoms with Gasteiger partial charge in [-0.05, 0) is 54.2 Å². The number of amides is 5. The Hall–Kier alpha value is -5.89. The molecule has 0 saturated heterocycles. The molecule has 17 nitrogen and oxygen atoms in total. The number of rotatable bonds is 17. The van der Waals surface area contributed by atoms with Crippen LogP contribution in [0.25, 0.3) is 0 Å². The predicted octanol–water partition coefficient (Wildman–Crippen LogP) is 2.45. The van der Waals surface area contributed by atoms with E-state index in [-0.39, 0.29) is 56.3 Å². The molecule has 0 spiro atoms. The van der Waals surface area contributed by atoms with Gasteiger partial charge in [-0.1, -0.05) is 25.8 Å². The van der Waals surface area contributed by atoms with Gasteiger partial charge in [-0.2, -0.15) is 0 Å². The number of benzene rings is 2. The summed E-state index contributed by atoms with van der Waals surface area (Å²) in [7, 11) is 0. The van der Waals surface area contributed by atoms with Gasteiger partial charge in [0.1, 0.15) is 25.0 Å². The first-order valence-corrected chi connectivity index (χ1v) is 14.1. The Morgan fingerprint density at radius 1 is 1.00 bits per heavy atom. The number of ether oxygens (including phenoxy) is 4. The number of nitrogens with one attached hydrogen (secondary N) is 3. The summed E-state index contributed by atoms with van der Waals surface area (Å²) in [5.74, 6) is 0.515. The number of nitrogens with two attached hydrogens (primary N) is 2. The minimum atomic E-state index is -1.27. The Morgan fingerprint density at radius 3 is 2.30 bits per heavy atom. The summed E-state index contributed by atoms with van der Waals surface area (Å²) in [4.78, 5) is 71.1. The fourth-order valence-electron chi connectivity index (χ4n) is 3.98. The first-order valence-electron chi connectivity index (χ1n) is 14.1. The molecule has 7 N–H and O–H groups in total. The van der Waals surface area contributed by atoms with Crippen LogP contribution < -0.4 is 32.2 Å². The number of nitro groups is 1. The number of carbonyl (C=O) groups is 5. The molecule has 0 heterocycles. The maximum atomic E-state index is 13.3. The van der Waals surface area contributed by atoms with E-state index >= 15 is 0 Å². The zero-order valence-electron chi connectivity index (χ0n) is 25.7. The second-order valence-corrected chi connectivity index (χ2v) is 10.2. The van der Waals surface area contributed by atoms with Crippen LogP contribution in [0, 0.1) is 28.4 Å². The SMILES string of the molecule is C#CCOCc1cc(NC(=O)[C@H](CCCNC(N)=O)NC(=O)[C@@H](OC(N)=O)C(C)C)ccc1COC(=O)Oc1ccc([N+](=O)[O-])cc1. The van der Waals surface area contributed by atoms with Crippen molar-refractivity contribution in [2.45, 2.75) is 52.0 Å². The van der Waals surface area contributed by atoms with Crippen molar-refractivity contribution in [3.63, 3.8) is 0 Å². The van der Waals surface area contributed by atoms with Crippen molar-refractivity contribution in [2.75, 3.05) is 18.5 Å². The minimum Gasteiger partial charge on any atom is -0.436 e. The van der Waals surface area contributed by atoms with Crippen molar-refractivity contribution in [3.05, 3.63) is 63.7 Å². The molecule has 2 atom stereocenters. The Balaban J connectivity index is 2.19. The summed E-state index contributed by atoms with van der Waals surface area (Å²) in [5.41, 5.74) is 11.3. The van der Waals surface area contributed by atoms with Gasteiger partial charge in [-0.3, -0.25) is 19.7 Å². The van der Waals surface area contributed by atoms with Crippen molar-refractivity contribution >= 4 is 41.5 Å². The highest BCUT2D eigenvalue weighted by Gasteiger charge is 2.30. The van der Waals surface area contributed by atoms with E-state index < -0.39 is 53.1 Å². The summed E-state index contributed by atoms with van der Waals surface area (Å²) in [5, 5.41) is 18.5. The molecule has 0 radical (unpaired) electrons. The van der Waals surface area contributed by atoms with E-state index in [4.69, 9.17) is 36.8 Å². The van der Waals surface area contributed by atoms with Gasteiger partial charge in [-0.15, -0.1) is 6.42 Å². The summed E-state index contributed by atoms with van der Waals surface area (Å²) < 4.78 is 20.6. The summed E-state index contributed by atoms with van der Waals surface area (Å²) in [6.45, 7) is 3.06. The lowest BCUT2D eigenvalue weighted by atomic mass is 10.0. The quantitative estimate of drug-likeness (QED) is 0.0413. The molecule has 0 bridgehead atoms. The van der Waals surface area contributed by atoms with Crippen molar-refractivity contribution in [1.82, 2.24) is 10.6 Å². The van der Waals surface area contributed by atoms with Crippen LogP contribution in [0.4, 0.5) is 25.8 Å². The molecule has 0 aromatic heterocycles. The largest absolute Gasteiger partial charge is 0.514 e. The molecule has 252 valence electrons. The van der Waals surface area contributed by atoms with E-state index in [1.54, 1.807) is 26.0 Å². The fourth-order valence-corrected chi connectivity index (χ4v) is 3.98. The second-order valence-electron chi connectivity index (χ2n) is 10.2. The fraction of sp³-hybridized carbons (Fsp3) is 0.367. The number of urea groups is 1. The number of carbonyl (C=O) groups excluding carboxylic acids is 5. The monoisotopic (exact) mass is 656 g/mol. The average Bonchev–Trinajstić information content (AvgIpc) is 3.00. The Morgan fingerprint density at radius 2 is 1.70 bits per heavy atom. The molecular weight excluding hydrogens is 620 g/mol. The molecule has 0 unspecified atom stereocenters. The highest BCUT2D eigenvalue weighted by Crippen LogP contribution is 2.21. The van der Waals surface area contributed by atoms with Gasteiger partial charge in [0, 0.05) is 24.4 Å². The Kier molecular flexibility index (Phi) is 14.9. The molecule has 2 aromatic carbocycles. The van der Waals surface area contributed by atoms with Gasteiger partial charge in [-0.25, -0.2) is 14.4 Å². The number of nitrogens with zero attached hydrogens (tertiary/aromatic N) is 1. The number of primary amides is 2. The smallest absolute Gasteiger partial charge is 0.436 e. The molecular formula is C30H36N6O11. The first kappa shape index (κ1) is 37.3. The zero-order valence-corrected chi connectivity index (χ0v) is 25.7. The molecule has 0 aliphatic carbocycles. The van der Waals surface area contributed by atoms with Crippen molar-refractivity contribution in [2.24, 2.45) is 17.4 Å². The van der Waals surface area contributed by atoms with Crippen LogP contribution in [0.5, 0.6) is 5.75 Å². The lowest BCUT2D eigenvalue weighted by Crippen LogP contribution is -2.50. The normalized spacial score (nSPS) is 11.7.